The molecule has 0 atom stereocenters. The first-order chi connectivity index (χ1) is 10.8. The van der Waals surface area contributed by atoms with E-state index in [0.29, 0.717) is 0 Å². The summed E-state index contributed by atoms with van der Waals surface area (Å²) < 4.78 is 2.01. The highest BCUT2D eigenvalue weighted by molar-refractivity contribution is 5.79. The quantitative estimate of drug-likeness (QED) is 0.366. The molecule has 0 aliphatic carbocycles. The lowest BCUT2D eigenvalue weighted by atomic mass is 10.3. The largest absolute Gasteiger partial charge is 0.356 e. The molecule has 0 spiro atoms. The lowest BCUT2D eigenvalue weighted by Gasteiger charge is -2.21. The summed E-state index contributed by atoms with van der Waals surface area (Å²) in [5.41, 5.74) is 0.878. The summed E-state index contributed by atoms with van der Waals surface area (Å²) in [5.74, 6) is 1.85. The highest BCUT2D eigenvalue weighted by atomic mass is 15.3. The van der Waals surface area contributed by atoms with Crippen LogP contribution in [0.25, 0.3) is 5.65 Å². The van der Waals surface area contributed by atoms with Gasteiger partial charge in [0, 0.05) is 39.8 Å². The molecule has 0 aromatic carbocycles. The van der Waals surface area contributed by atoms with Crippen LogP contribution in [0.4, 0.5) is 0 Å². The topological polar surface area (TPSA) is 57.8 Å². The van der Waals surface area contributed by atoms with Gasteiger partial charge in [-0.15, -0.1) is 16.8 Å². The van der Waals surface area contributed by atoms with Crippen molar-refractivity contribution in [2.24, 2.45) is 4.99 Å². The monoisotopic (exact) mass is 300 g/mol. The van der Waals surface area contributed by atoms with Gasteiger partial charge >= 0.3 is 0 Å². The Bertz CT molecular complexity index is 630. The van der Waals surface area contributed by atoms with Gasteiger partial charge in [-0.3, -0.25) is 9.39 Å². The third kappa shape index (κ3) is 4.07. The normalized spacial score (nSPS) is 11.6. The number of guanidine groups is 1. The molecule has 2 rings (SSSR count). The summed E-state index contributed by atoms with van der Waals surface area (Å²) in [7, 11) is 3.85. The minimum absolute atomic E-state index is 0.772. The van der Waals surface area contributed by atoms with E-state index < -0.39 is 0 Å². The SMILES string of the molecule is C=CCCCN(C)C(=NC)NCCc1nnc2ccccn12. The molecular weight excluding hydrogens is 276 g/mol. The van der Waals surface area contributed by atoms with Gasteiger partial charge in [-0.05, 0) is 25.0 Å². The third-order valence-electron chi connectivity index (χ3n) is 3.49. The summed E-state index contributed by atoms with van der Waals surface area (Å²) >= 11 is 0. The van der Waals surface area contributed by atoms with Gasteiger partial charge in [0.1, 0.15) is 5.82 Å². The molecule has 2 aromatic rings. The van der Waals surface area contributed by atoms with Crippen molar-refractivity contribution in [3.8, 4) is 0 Å². The molecule has 0 amide bonds. The predicted octanol–water partition coefficient (Wildman–Crippen LogP) is 1.75. The lowest BCUT2D eigenvalue weighted by Crippen LogP contribution is -2.40. The molecular formula is C16H24N6. The number of pyridine rings is 1. The van der Waals surface area contributed by atoms with Gasteiger partial charge in [0.2, 0.25) is 0 Å². The number of nitrogens with one attached hydrogen (secondary N) is 1. The Kier molecular flexibility index (Phi) is 5.94. The number of aliphatic imine (C=N–C) groups is 1. The van der Waals surface area contributed by atoms with E-state index in [1.165, 1.54) is 0 Å². The van der Waals surface area contributed by atoms with Gasteiger partial charge < -0.3 is 10.2 Å². The number of hydrogen-bond donors (Lipinski definition) is 1. The van der Waals surface area contributed by atoms with Gasteiger partial charge in [0.25, 0.3) is 0 Å². The van der Waals surface area contributed by atoms with Gasteiger partial charge in [-0.2, -0.15) is 0 Å². The molecule has 0 unspecified atom stereocenters. The van der Waals surface area contributed by atoms with Crippen LogP contribution in [0.1, 0.15) is 18.7 Å². The molecule has 118 valence electrons. The molecule has 6 nitrogen and oxygen atoms in total. The van der Waals surface area contributed by atoms with Gasteiger partial charge in [0.05, 0.1) is 0 Å². The number of unbranched alkanes of at least 4 members (excludes halogenated alkanes) is 1. The summed E-state index contributed by atoms with van der Waals surface area (Å²) in [5, 5.41) is 11.8. The molecule has 0 radical (unpaired) electrons. The van der Waals surface area contributed by atoms with E-state index in [9.17, 15) is 0 Å². The Hall–Kier alpha value is -2.37. The standard InChI is InChI=1S/C16H24N6/c1-4-5-7-12-21(3)16(17-2)18-11-10-15-20-19-14-9-6-8-13-22(14)15/h4,6,8-9,13H,1,5,7,10-12H2,2-3H3,(H,17,18). The zero-order chi connectivity index (χ0) is 15.8. The summed E-state index contributed by atoms with van der Waals surface area (Å²) in [6.45, 7) is 5.48. The number of fused-ring (bicyclic) bond motifs is 1. The maximum atomic E-state index is 4.31. The minimum atomic E-state index is 0.772. The number of aromatic nitrogens is 3. The van der Waals surface area contributed by atoms with Crippen molar-refractivity contribution >= 4 is 11.6 Å². The number of hydrogen-bond acceptors (Lipinski definition) is 3. The van der Waals surface area contributed by atoms with Crippen molar-refractivity contribution in [2.45, 2.75) is 19.3 Å². The van der Waals surface area contributed by atoms with E-state index in [1.54, 1.807) is 7.05 Å². The fraction of sp³-hybridized carbons (Fsp3) is 0.438. The number of allylic oxidation sites excluding steroid dienone is 1. The summed E-state index contributed by atoms with van der Waals surface area (Å²) in [6, 6.07) is 5.90. The third-order valence-corrected chi connectivity index (χ3v) is 3.49. The van der Waals surface area contributed by atoms with E-state index in [2.05, 4.69) is 32.0 Å². The lowest BCUT2D eigenvalue weighted by molar-refractivity contribution is 0.470. The van der Waals surface area contributed by atoms with Gasteiger partial charge in [-0.25, -0.2) is 0 Å². The summed E-state index contributed by atoms with van der Waals surface area (Å²) in [6.07, 6.45) is 6.83. The van der Waals surface area contributed by atoms with Crippen LogP contribution < -0.4 is 5.32 Å². The van der Waals surface area contributed by atoms with Crippen LogP contribution >= 0.6 is 0 Å². The van der Waals surface area contributed by atoms with Crippen molar-refractivity contribution in [2.75, 3.05) is 27.2 Å². The van der Waals surface area contributed by atoms with Crippen LogP contribution in [0.5, 0.6) is 0 Å². The van der Waals surface area contributed by atoms with Crippen molar-refractivity contribution in [3.05, 3.63) is 42.9 Å². The number of rotatable bonds is 7. The molecule has 0 aliphatic heterocycles. The second-order valence-corrected chi connectivity index (χ2v) is 5.12. The molecule has 2 aromatic heterocycles. The Morgan fingerprint density at radius 2 is 2.32 bits per heavy atom. The van der Waals surface area contributed by atoms with Crippen LogP contribution in [-0.4, -0.2) is 52.6 Å². The van der Waals surface area contributed by atoms with Crippen LogP contribution in [0.2, 0.25) is 0 Å². The Labute approximate surface area is 131 Å². The molecule has 0 saturated heterocycles. The first-order valence-corrected chi connectivity index (χ1v) is 7.57. The molecule has 6 heteroatoms. The maximum Gasteiger partial charge on any atom is 0.193 e. The average Bonchev–Trinajstić information content (AvgIpc) is 2.95. The van der Waals surface area contributed by atoms with E-state index >= 15 is 0 Å². The minimum Gasteiger partial charge on any atom is -0.356 e. The van der Waals surface area contributed by atoms with Crippen LogP contribution in [-0.2, 0) is 6.42 Å². The summed E-state index contributed by atoms with van der Waals surface area (Å²) in [4.78, 5) is 6.44. The second kappa shape index (κ2) is 8.17. The smallest absolute Gasteiger partial charge is 0.193 e. The Morgan fingerprint density at radius 3 is 3.09 bits per heavy atom. The van der Waals surface area contributed by atoms with Gasteiger partial charge in [0.15, 0.2) is 11.6 Å². The van der Waals surface area contributed by atoms with Gasteiger partial charge in [-0.1, -0.05) is 12.1 Å². The highest BCUT2D eigenvalue weighted by Gasteiger charge is 2.07. The van der Waals surface area contributed by atoms with E-state index in [1.807, 2.05) is 41.9 Å². The Balaban J connectivity index is 1.85. The maximum absolute atomic E-state index is 4.31. The van der Waals surface area contributed by atoms with Crippen LogP contribution in [0.15, 0.2) is 42.0 Å². The fourth-order valence-electron chi connectivity index (χ4n) is 2.31. The van der Waals surface area contributed by atoms with Crippen molar-refractivity contribution in [1.82, 2.24) is 24.8 Å². The highest BCUT2D eigenvalue weighted by Crippen LogP contribution is 2.03. The first kappa shape index (κ1) is 16.0. The molecule has 1 N–H and O–H groups in total. The number of nitrogens with zero attached hydrogens (tertiary/aromatic N) is 5. The molecule has 0 fully saturated rings. The average molecular weight is 300 g/mol. The molecule has 22 heavy (non-hydrogen) atoms. The van der Waals surface area contributed by atoms with Crippen molar-refractivity contribution in [1.29, 1.82) is 0 Å². The molecule has 0 aliphatic rings. The zero-order valence-electron chi connectivity index (χ0n) is 13.4. The van der Waals surface area contributed by atoms with Crippen molar-refractivity contribution in [3.63, 3.8) is 0 Å². The van der Waals surface area contributed by atoms with E-state index in [4.69, 9.17) is 0 Å². The molecule has 2 heterocycles. The second-order valence-electron chi connectivity index (χ2n) is 5.12. The molecule has 0 saturated carbocycles. The first-order valence-electron chi connectivity index (χ1n) is 7.57. The van der Waals surface area contributed by atoms with Crippen LogP contribution in [0, 0.1) is 0 Å². The fourth-order valence-corrected chi connectivity index (χ4v) is 2.31. The van der Waals surface area contributed by atoms with Crippen LogP contribution in [0.3, 0.4) is 0 Å². The zero-order valence-corrected chi connectivity index (χ0v) is 13.4. The predicted molar refractivity (Wildman–Crippen MR) is 90.1 cm³/mol. The molecule has 0 bridgehead atoms. The van der Waals surface area contributed by atoms with E-state index in [0.717, 1.165) is 49.8 Å². The van der Waals surface area contributed by atoms with E-state index in [-0.39, 0.29) is 0 Å². The Morgan fingerprint density at radius 1 is 1.45 bits per heavy atom. The van der Waals surface area contributed by atoms with Crippen molar-refractivity contribution < 1.29 is 0 Å².